The van der Waals surface area contributed by atoms with Crippen molar-refractivity contribution in [1.29, 1.82) is 5.41 Å². The van der Waals surface area contributed by atoms with E-state index in [2.05, 4.69) is 0 Å². The Bertz CT molecular complexity index is 3260. The normalized spacial score (nSPS) is 20.4. The van der Waals surface area contributed by atoms with E-state index >= 15 is 0 Å². The average Bonchev–Trinajstić information content (AvgIpc) is 3.13. The molecule has 0 saturated heterocycles. The minimum absolute atomic E-state index is 0.371. The Balaban J connectivity index is 1.91. The Labute approximate surface area is 371 Å². The van der Waals surface area contributed by atoms with Crippen LogP contribution in [0, 0.1) is 5.41 Å². The van der Waals surface area contributed by atoms with Crippen molar-refractivity contribution in [3.05, 3.63) is 57.4 Å². The van der Waals surface area contributed by atoms with Crippen molar-refractivity contribution in [2.45, 2.75) is 27.9 Å². The van der Waals surface area contributed by atoms with Gasteiger partial charge in [-0.1, -0.05) is 23.2 Å². The third kappa shape index (κ3) is 11.2. The second kappa shape index (κ2) is 18.1. The molecule has 3 unspecified atom stereocenters. The van der Waals surface area contributed by atoms with Crippen molar-refractivity contribution >= 4 is 114 Å². The summed E-state index contributed by atoms with van der Waals surface area (Å²) >= 11 is 12.9. The van der Waals surface area contributed by atoms with E-state index in [1.165, 1.54) is 0 Å². The number of nitrogens with one attached hydrogen (secondary N) is 6. The van der Waals surface area contributed by atoms with Gasteiger partial charge in [0.1, 0.15) is 40.3 Å². The van der Waals surface area contributed by atoms with Crippen LogP contribution < -0.4 is 36.5 Å². The Hall–Kier alpha value is -5.06. The highest BCUT2D eigenvalue weighted by atomic mass is 35.5. The van der Waals surface area contributed by atoms with Crippen LogP contribution in [0.4, 0.5) is 5.69 Å². The molecule has 348 valence electrons. The summed E-state index contributed by atoms with van der Waals surface area (Å²) in [4.78, 5) is 50.6. The lowest BCUT2D eigenvalue weighted by Crippen LogP contribution is -2.60. The van der Waals surface area contributed by atoms with Gasteiger partial charge in [0.2, 0.25) is 37.8 Å². The molecule has 0 fully saturated rings. The maximum Gasteiger partial charge on any atom is 0.337 e. The van der Waals surface area contributed by atoms with E-state index in [1.807, 2.05) is 10.0 Å². The first-order valence-electron chi connectivity index (χ1n) is 17.2. The molecule has 3 aliphatic rings. The van der Waals surface area contributed by atoms with Crippen LogP contribution in [0.1, 0.15) is 10.4 Å². The number of amides is 3. The summed E-state index contributed by atoms with van der Waals surface area (Å²) in [5.41, 5.74) is 2.35. The number of aromatic carboxylic acids is 1. The third-order valence-corrected chi connectivity index (χ3v) is 14.8. The predicted molar refractivity (Wildman–Crippen MR) is 221 cm³/mol. The summed E-state index contributed by atoms with van der Waals surface area (Å²) in [5.74, 6) is -13.3. The zero-order valence-electron chi connectivity index (χ0n) is 31.5. The van der Waals surface area contributed by atoms with Crippen LogP contribution >= 0.6 is 23.2 Å². The zero-order chi connectivity index (χ0) is 48.1. The summed E-state index contributed by atoms with van der Waals surface area (Å²) in [6.07, 6.45) is 0. The van der Waals surface area contributed by atoms with Gasteiger partial charge in [-0.05, 0) is 36.4 Å². The van der Waals surface area contributed by atoms with E-state index in [9.17, 15) is 80.0 Å². The summed E-state index contributed by atoms with van der Waals surface area (Å²) in [6, 6.07) is -1.74. The highest BCUT2D eigenvalue weighted by Gasteiger charge is 2.39. The van der Waals surface area contributed by atoms with Crippen LogP contribution in [0.3, 0.4) is 0 Å². The fourth-order valence-electron chi connectivity index (χ4n) is 6.32. The van der Waals surface area contributed by atoms with Gasteiger partial charge in [-0.15, -0.1) is 0 Å². The van der Waals surface area contributed by atoms with Crippen molar-refractivity contribution in [2.75, 3.05) is 36.1 Å². The first-order chi connectivity index (χ1) is 29.3. The van der Waals surface area contributed by atoms with Crippen LogP contribution in [0.15, 0.2) is 50.6 Å². The van der Waals surface area contributed by atoms with Gasteiger partial charge in [-0.25, -0.2) is 26.4 Å². The number of anilines is 1. The zero-order valence-corrected chi connectivity index (χ0v) is 37.1. The quantitative estimate of drug-likeness (QED) is 0.0514. The van der Waals surface area contributed by atoms with Gasteiger partial charge >= 0.3 is 5.97 Å². The SMILES string of the molecule is N=c1ccc2c(-c3c(Cl)ccc(Cl)c3C(=O)O)c3ccc(N)c4c3oc-2c1S(=O)(=O)NCCNC(=O)C(CS(=O)(=O)O)NC(=O)C(CS(=O)(=O)O)NC(=O)C(CS(=O)(=O)O)NS4(=O)=O. The summed E-state index contributed by atoms with van der Waals surface area (Å²) in [7, 11) is -26.8. The molecule has 1 aliphatic carbocycles. The molecule has 33 heteroatoms. The molecule has 2 aromatic carbocycles. The standard InChI is InChI=1S/C31H31Cl2N7O19S5/c32-14-3-4-15(33)23(31(44)45)22(14)21-12-1-5-16(34)26-24(12)59-25-13(21)2-6-17(35)27(25)64(57,58)40-20(11-62(52,53)54)30(43)39-19(10-61(49,50)51)29(42)38-18(9-60(46,47)48)28(41)36-7-8-37-63(26,55)56/h1-6,18-20,34,37,40H,7-11,35H2,(H,36,41)(H,38,42)(H,39,43)(H,44,45)(H,46,47,48)(H,49,50,51)(H,52,53,54). The van der Waals surface area contributed by atoms with Crippen LogP contribution in [0.5, 0.6) is 0 Å². The number of sulfonamides is 2. The largest absolute Gasteiger partial charge is 0.478 e. The lowest BCUT2D eigenvalue weighted by Gasteiger charge is -2.25. The monoisotopic (exact) mass is 1030 g/mol. The maximum atomic E-state index is 14.5. The molecule has 5 rings (SSSR count). The maximum absolute atomic E-state index is 14.5. The van der Waals surface area contributed by atoms with Crippen molar-refractivity contribution in [3.63, 3.8) is 0 Å². The summed E-state index contributed by atoms with van der Waals surface area (Å²) < 4.78 is 167. The Morgan fingerprint density at radius 1 is 0.734 bits per heavy atom. The predicted octanol–water partition coefficient (Wildman–Crippen LogP) is -2.04. The van der Waals surface area contributed by atoms with E-state index in [1.54, 1.807) is 15.4 Å². The number of carbonyl (C=O) groups is 4. The van der Waals surface area contributed by atoms with Gasteiger partial charge in [0.05, 0.1) is 21.6 Å². The smallest absolute Gasteiger partial charge is 0.337 e. The van der Waals surface area contributed by atoms with Crippen molar-refractivity contribution in [2.24, 2.45) is 0 Å². The van der Waals surface area contributed by atoms with Gasteiger partial charge in [-0.3, -0.25) is 33.5 Å². The van der Waals surface area contributed by atoms with E-state index in [-0.39, 0.29) is 10.6 Å². The number of hydrogen-bond acceptors (Lipinski definition) is 17. The minimum Gasteiger partial charge on any atom is -0.478 e. The molecule has 2 aliphatic heterocycles. The van der Waals surface area contributed by atoms with Crippen molar-refractivity contribution in [1.82, 2.24) is 25.4 Å². The molecular weight excluding hydrogens is 1010 g/mol. The molecule has 12 N–H and O–H groups in total. The Morgan fingerprint density at radius 3 is 1.83 bits per heavy atom. The molecule has 0 aromatic heterocycles. The molecule has 2 bridgehead atoms. The van der Waals surface area contributed by atoms with Gasteiger partial charge in [0.25, 0.3) is 30.4 Å². The van der Waals surface area contributed by atoms with Crippen molar-refractivity contribution in [3.8, 4) is 22.5 Å². The van der Waals surface area contributed by atoms with E-state index in [0.717, 1.165) is 36.4 Å². The van der Waals surface area contributed by atoms with Crippen LogP contribution in [-0.2, 0) is 64.8 Å². The topological polar surface area (TPSA) is 443 Å². The molecule has 3 atom stereocenters. The number of hydrogen-bond donors (Lipinski definition) is 11. The second-order valence-electron chi connectivity index (χ2n) is 13.5. The highest BCUT2D eigenvalue weighted by Crippen LogP contribution is 2.48. The van der Waals surface area contributed by atoms with Crippen LogP contribution in [0.2, 0.25) is 10.0 Å². The highest BCUT2D eigenvalue weighted by molar-refractivity contribution is 7.90. The third-order valence-electron chi connectivity index (χ3n) is 8.83. The Kier molecular flexibility index (Phi) is 14.1. The number of halogens is 2. The number of carbonyl (C=O) groups excluding carboxylic acids is 3. The number of benzene rings is 3. The summed E-state index contributed by atoms with van der Waals surface area (Å²) in [6.45, 7) is -1.61. The molecule has 2 heterocycles. The summed E-state index contributed by atoms with van der Waals surface area (Å²) in [5, 5.41) is 22.1. The Morgan fingerprint density at radius 2 is 1.27 bits per heavy atom. The minimum atomic E-state index is -5.66. The molecular formula is C31H31Cl2N7O19S5. The second-order valence-corrected chi connectivity index (χ2v) is 22.1. The molecule has 2 aromatic rings. The van der Waals surface area contributed by atoms with E-state index < -0.39 is 182 Å². The number of nitrogens with two attached hydrogens (primary N) is 1. The molecule has 0 spiro atoms. The molecule has 0 saturated carbocycles. The fraction of sp³-hybridized carbons (Fsp3) is 0.258. The van der Waals surface area contributed by atoms with Gasteiger partial charge in [0.15, 0.2) is 16.2 Å². The van der Waals surface area contributed by atoms with E-state index in [4.69, 9.17) is 38.8 Å². The fourth-order valence-corrected chi connectivity index (χ4v) is 11.6. The lowest BCUT2D eigenvalue weighted by atomic mass is 9.90. The lowest BCUT2D eigenvalue weighted by molar-refractivity contribution is -0.131. The number of carboxylic acids is 1. The van der Waals surface area contributed by atoms with Crippen LogP contribution in [-0.4, -0.2) is 133 Å². The number of carboxylic acid groups (broad SMARTS) is 1. The number of nitrogen functional groups attached to an aromatic ring is 1. The first-order valence-corrected chi connectivity index (χ1v) is 25.7. The molecule has 64 heavy (non-hydrogen) atoms. The molecule has 26 nitrogen and oxygen atoms in total. The van der Waals surface area contributed by atoms with E-state index in [0.29, 0.717) is 0 Å². The van der Waals surface area contributed by atoms with Crippen molar-refractivity contribution < 1.29 is 84.4 Å². The molecule has 0 radical (unpaired) electrons. The van der Waals surface area contributed by atoms with Gasteiger partial charge in [0, 0.05) is 40.2 Å². The van der Waals surface area contributed by atoms with Crippen LogP contribution in [0.25, 0.3) is 33.4 Å². The van der Waals surface area contributed by atoms with Gasteiger partial charge < -0.3 is 31.2 Å². The number of rotatable bonds is 8. The molecule has 3 amide bonds. The average molecular weight is 1040 g/mol. The first kappa shape index (κ1) is 49.9. The van der Waals surface area contributed by atoms with Gasteiger partial charge in [-0.2, -0.15) is 30.0 Å².